The van der Waals surface area contributed by atoms with Gasteiger partial charge in [0, 0.05) is 32.1 Å². The lowest BCUT2D eigenvalue weighted by Gasteiger charge is -2.09. The zero-order valence-electron chi connectivity index (χ0n) is 14.1. The highest BCUT2D eigenvalue weighted by Crippen LogP contribution is 2.32. The fraction of sp³-hybridized carbons (Fsp3) is 0.188. The van der Waals surface area contributed by atoms with Gasteiger partial charge in [0.25, 0.3) is 0 Å². The topological polar surface area (TPSA) is 83.4 Å². The second-order valence-electron chi connectivity index (χ2n) is 5.86. The molecule has 27 heavy (non-hydrogen) atoms. The quantitative estimate of drug-likeness (QED) is 0.535. The van der Waals surface area contributed by atoms with Crippen LogP contribution in [0.25, 0.3) is 28.2 Å². The monoisotopic (exact) mass is 375 g/mol. The lowest BCUT2D eigenvalue weighted by molar-refractivity contribution is -0.140. The van der Waals surface area contributed by atoms with Crippen molar-refractivity contribution < 1.29 is 13.2 Å². The van der Waals surface area contributed by atoms with E-state index >= 15 is 0 Å². The van der Waals surface area contributed by atoms with Gasteiger partial charge >= 0.3 is 11.9 Å². The zero-order valence-corrected chi connectivity index (χ0v) is 14.1. The van der Waals surface area contributed by atoms with Crippen LogP contribution < -0.4 is 5.69 Å². The van der Waals surface area contributed by atoms with Gasteiger partial charge in [-0.1, -0.05) is 0 Å². The highest BCUT2D eigenvalue weighted by atomic mass is 19.4. The molecule has 0 spiro atoms. The van der Waals surface area contributed by atoms with Gasteiger partial charge in [-0.05, 0) is 6.07 Å². The third-order valence-corrected chi connectivity index (χ3v) is 4.17. The minimum absolute atomic E-state index is 0.0534. The summed E-state index contributed by atoms with van der Waals surface area (Å²) in [7, 11) is 3.01. The van der Waals surface area contributed by atoms with Crippen molar-refractivity contribution in [2.24, 2.45) is 14.1 Å². The molecule has 8 nitrogen and oxygen atoms in total. The van der Waals surface area contributed by atoms with Crippen LogP contribution in [0.4, 0.5) is 13.2 Å². The number of nitrogens with zero attached hydrogens (tertiary/aromatic N) is 7. The summed E-state index contributed by atoms with van der Waals surface area (Å²) in [4.78, 5) is 28.5. The molecular weight excluding hydrogens is 363 g/mol. The van der Waals surface area contributed by atoms with Crippen molar-refractivity contribution in [1.82, 2.24) is 33.6 Å². The standard InChI is InChI=1S/C16H12F3N7O/c1-24-7-12(16(17,18)19)23-13(24)9-3-4-20-5-10(9)26-14-11(6-21-8-22-14)25(2)15(26)27/h3-8H,1-2H3. The van der Waals surface area contributed by atoms with Crippen molar-refractivity contribution in [2.45, 2.75) is 6.18 Å². The fourth-order valence-electron chi connectivity index (χ4n) is 2.89. The molecule has 0 saturated heterocycles. The molecule has 4 rings (SSSR count). The highest BCUT2D eigenvalue weighted by molar-refractivity contribution is 5.76. The number of aromatic nitrogens is 7. The smallest absolute Gasteiger partial charge is 0.333 e. The van der Waals surface area contributed by atoms with E-state index in [1.807, 2.05) is 0 Å². The largest absolute Gasteiger partial charge is 0.434 e. The first-order chi connectivity index (χ1) is 12.8. The Morgan fingerprint density at radius 2 is 1.89 bits per heavy atom. The van der Waals surface area contributed by atoms with E-state index in [0.29, 0.717) is 16.7 Å². The SMILES string of the molecule is Cn1cc(C(F)(F)F)nc1-c1ccncc1-n1c(=O)n(C)c2cncnc21. The first-order valence-corrected chi connectivity index (χ1v) is 7.72. The Morgan fingerprint density at radius 1 is 1.11 bits per heavy atom. The lowest BCUT2D eigenvalue weighted by atomic mass is 10.2. The Bertz CT molecular complexity index is 1220. The van der Waals surface area contributed by atoms with E-state index in [1.165, 1.54) is 51.7 Å². The molecule has 4 aromatic rings. The summed E-state index contributed by atoms with van der Waals surface area (Å²) in [6, 6.07) is 1.50. The van der Waals surface area contributed by atoms with Crippen LogP contribution in [0.1, 0.15) is 5.69 Å². The van der Waals surface area contributed by atoms with Gasteiger partial charge in [-0.25, -0.2) is 24.3 Å². The van der Waals surface area contributed by atoms with Crippen LogP contribution in [0.3, 0.4) is 0 Å². The average molecular weight is 375 g/mol. The van der Waals surface area contributed by atoms with Gasteiger partial charge in [0.1, 0.15) is 17.7 Å². The first kappa shape index (κ1) is 16.9. The van der Waals surface area contributed by atoms with E-state index in [2.05, 4.69) is 19.9 Å². The van der Waals surface area contributed by atoms with E-state index in [1.54, 1.807) is 7.05 Å². The second-order valence-corrected chi connectivity index (χ2v) is 5.86. The zero-order chi connectivity index (χ0) is 19.3. The molecule has 4 heterocycles. The molecule has 0 aliphatic heterocycles. The summed E-state index contributed by atoms with van der Waals surface area (Å²) in [6.07, 6.45) is 1.90. The number of aryl methyl sites for hydroxylation is 2. The van der Waals surface area contributed by atoms with Crippen molar-refractivity contribution in [1.29, 1.82) is 0 Å². The predicted octanol–water partition coefficient (Wildman–Crippen LogP) is 1.93. The molecule has 11 heteroatoms. The Balaban J connectivity index is 2.02. The van der Waals surface area contributed by atoms with Crippen molar-refractivity contribution in [3.8, 4) is 17.1 Å². The van der Waals surface area contributed by atoms with Crippen molar-refractivity contribution in [2.75, 3.05) is 0 Å². The number of imidazole rings is 2. The summed E-state index contributed by atoms with van der Waals surface area (Å²) >= 11 is 0. The summed E-state index contributed by atoms with van der Waals surface area (Å²) in [5.41, 5.74) is -0.0593. The molecule has 0 unspecified atom stereocenters. The van der Waals surface area contributed by atoms with Crippen LogP contribution in [0, 0.1) is 0 Å². The number of hydrogen-bond acceptors (Lipinski definition) is 5. The molecule has 0 N–H and O–H groups in total. The molecule has 138 valence electrons. The highest BCUT2D eigenvalue weighted by Gasteiger charge is 2.35. The van der Waals surface area contributed by atoms with E-state index in [-0.39, 0.29) is 11.5 Å². The van der Waals surface area contributed by atoms with E-state index in [9.17, 15) is 18.0 Å². The molecule has 0 saturated carbocycles. The Kier molecular flexibility index (Phi) is 3.61. The molecule has 0 bridgehead atoms. The van der Waals surface area contributed by atoms with E-state index < -0.39 is 17.6 Å². The van der Waals surface area contributed by atoms with E-state index in [4.69, 9.17) is 0 Å². The third-order valence-electron chi connectivity index (χ3n) is 4.17. The van der Waals surface area contributed by atoms with Crippen LogP contribution in [-0.4, -0.2) is 33.6 Å². The minimum Gasteiger partial charge on any atom is -0.333 e. The summed E-state index contributed by atoms with van der Waals surface area (Å²) in [5, 5.41) is 0. The van der Waals surface area contributed by atoms with Gasteiger partial charge in [0.15, 0.2) is 11.3 Å². The number of rotatable bonds is 2. The number of pyridine rings is 1. The van der Waals surface area contributed by atoms with Crippen molar-refractivity contribution >= 4 is 11.2 Å². The van der Waals surface area contributed by atoms with Crippen LogP contribution in [0.2, 0.25) is 0 Å². The molecule has 0 atom stereocenters. The van der Waals surface area contributed by atoms with Crippen LogP contribution >= 0.6 is 0 Å². The number of halogens is 3. The fourth-order valence-corrected chi connectivity index (χ4v) is 2.89. The molecule has 0 aromatic carbocycles. The molecule has 0 amide bonds. The second kappa shape index (κ2) is 5.76. The molecule has 4 aromatic heterocycles. The third kappa shape index (κ3) is 2.58. The van der Waals surface area contributed by atoms with Crippen LogP contribution in [0.15, 0.2) is 42.0 Å². The molecule has 0 aliphatic carbocycles. The Labute approximate surface area is 149 Å². The number of hydrogen-bond donors (Lipinski definition) is 0. The van der Waals surface area contributed by atoms with Crippen LogP contribution in [0.5, 0.6) is 0 Å². The Morgan fingerprint density at radius 3 is 2.59 bits per heavy atom. The molecule has 0 aliphatic rings. The van der Waals surface area contributed by atoms with E-state index in [0.717, 1.165) is 6.20 Å². The van der Waals surface area contributed by atoms with Crippen molar-refractivity contribution in [3.63, 3.8) is 0 Å². The van der Waals surface area contributed by atoms with Gasteiger partial charge < -0.3 is 4.57 Å². The molecule has 0 fully saturated rings. The van der Waals surface area contributed by atoms with Gasteiger partial charge in [-0.3, -0.25) is 9.55 Å². The van der Waals surface area contributed by atoms with Gasteiger partial charge in [0.2, 0.25) is 0 Å². The predicted molar refractivity (Wildman–Crippen MR) is 89.1 cm³/mol. The minimum atomic E-state index is -4.58. The number of alkyl halides is 3. The first-order valence-electron chi connectivity index (χ1n) is 7.72. The van der Waals surface area contributed by atoms with Gasteiger partial charge in [0.05, 0.1) is 18.1 Å². The Hall–Kier alpha value is -3.50. The van der Waals surface area contributed by atoms with Gasteiger partial charge in [-0.15, -0.1) is 0 Å². The normalized spacial score (nSPS) is 12.0. The maximum absolute atomic E-state index is 13.0. The number of fused-ring (bicyclic) bond motifs is 1. The molecular formula is C16H12F3N7O. The summed E-state index contributed by atoms with van der Waals surface area (Å²) in [6.45, 7) is 0. The summed E-state index contributed by atoms with van der Waals surface area (Å²) in [5.74, 6) is 0.0534. The van der Waals surface area contributed by atoms with Crippen molar-refractivity contribution in [3.05, 3.63) is 53.4 Å². The maximum Gasteiger partial charge on any atom is 0.434 e. The maximum atomic E-state index is 13.0. The van der Waals surface area contributed by atoms with Crippen LogP contribution in [-0.2, 0) is 20.3 Å². The molecule has 0 radical (unpaired) electrons. The lowest BCUT2D eigenvalue weighted by Crippen LogP contribution is -2.21. The summed E-state index contributed by atoms with van der Waals surface area (Å²) < 4.78 is 43.0. The van der Waals surface area contributed by atoms with Gasteiger partial charge in [-0.2, -0.15) is 13.2 Å². The average Bonchev–Trinajstić information content (AvgIpc) is 3.14.